The minimum absolute atomic E-state index is 0.0173. The fraction of sp³-hybridized carbons (Fsp3) is 0.231. The zero-order valence-electron chi connectivity index (χ0n) is 9.61. The van der Waals surface area contributed by atoms with Crippen LogP contribution in [0.1, 0.15) is 29.0 Å². The first kappa shape index (κ1) is 12.6. The van der Waals surface area contributed by atoms with Gasteiger partial charge in [0.25, 0.3) is 0 Å². The van der Waals surface area contributed by atoms with E-state index in [1.54, 1.807) is 11.3 Å². The number of hydrogen-bond donors (Lipinski definition) is 2. The Hall–Kier alpha value is -0.870. The van der Waals surface area contributed by atoms with Crippen molar-refractivity contribution in [2.45, 2.75) is 19.4 Å². The molecule has 0 aliphatic carbocycles. The van der Waals surface area contributed by atoms with E-state index in [1.165, 1.54) is 10.4 Å². The van der Waals surface area contributed by atoms with Crippen molar-refractivity contribution in [3.05, 3.63) is 56.7 Å². The van der Waals surface area contributed by atoms with E-state index in [0.29, 0.717) is 0 Å². The third kappa shape index (κ3) is 2.69. The van der Waals surface area contributed by atoms with Crippen molar-refractivity contribution >= 4 is 22.9 Å². The largest absolute Gasteiger partial charge is 0.271 e. The first-order chi connectivity index (χ1) is 8.26. The van der Waals surface area contributed by atoms with Crippen molar-refractivity contribution in [3.63, 3.8) is 0 Å². The van der Waals surface area contributed by atoms with Crippen LogP contribution in [-0.2, 0) is 6.42 Å². The standard InChI is InChI=1S/C13H15ClN2S/c1-2-9-6-7-17-13(9)12(16-15)10-4-3-5-11(14)8-10/h3-8,12,16H,2,15H2,1H3. The highest BCUT2D eigenvalue weighted by Gasteiger charge is 2.16. The lowest BCUT2D eigenvalue weighted by Crippen LogP contribution is -2.28. The fourth-order valence-electron chi connectivity index (χ4n) is 1.90. The van der Waals surface area contributed by atoms with Gasteiger partial charge < -0.3 is 0 Å². The van der Waals surface area contributed by atoms with E-state index in [9.17, 15) is 0 Å². The number of aryl methyl sites for hydroxylation is 1. The van der Waals surface area contributed by atoms with Gasteiger partial charge in [-0.25, -0.2) is 5.43 Å². The summed E-state index contributed by atoms with van der Waals surface area (Å²) in [6.07, 6.45) is 1.01. The van der Waals surface area contributed by atoms with Crippen LogP contribution in [0.3, 0.4) is 0 Å². The quantitative estimate of drug-likeness (QED) is 0.656. The van der Waals surface area contributed by atoms with Gasteiger partial charge in [0.15, 0.2) is 0 Å². The molecule has 1 atom stereocenters. The first-order valence-electron chi connectivity index (χ1n) is 5.54. The predicted octanol–water partition coefficient (Wildman–Crippen LogP) is 3.52. The van der Waals surface area contributed by atoms with Gasteiger partial charge in [0.1, 0.15) is 0 Å². The fourth-order valence-corrected chi connectivity index (χ4v) is 3.18. The molecule has 2 rings (SSSR count). The van der Waals surface area contributed by atoms with Crippen LogP contribution in [0.2, 0.25) is 5.02 Å². The summed E-state index contributed by atoms with van der Waals surface area (Å²) >= 11 is 7.74. The van der Waals surface area contributed by atoms with Crippen molar-refractivity contribution in [2.24, 2.45) is 5.84 Å². The Morgan fingerprint density at radius 1 is 1.41 bits per heavy atom. The molecule has 1 heterocycles. The zero-order valence-corrected chi connectivity index (χ0v) is 11.2. The second-order valence-corrected chi connectivity index (χ2v) is 5.20. The summed E-state index contributed by atoms with van der Waals surface area (Å²) in [6.45, 7) is 2.15. The molecule has 2 nitrogen and oxygen atoms in total. The highest BCUT2D eigenvalue weighted by Crippen LogP contribution is 2.30. The van der Waals surface area contributed by atoms with Gasteiger partial charge in [-0.15, -0.1) is 11.3 Å². The van der Waals surface area contributed by atoms with Crippen molar-refractivity contribution < 1.29 is 0 Å². The zero-order chi connectivity index (χ0) is 12.3. The number of nitrogens with one attached hydrogen (secondary N) is 1. The van der Waals surface area contributed by atoms with E-state index >= 15 is 0 Å². The second-order valence-electron chi connectivity index (χ2n) is 3.82. The van der Waals surface area contributed by atoms with E-state index in [4.69, 9.17) is 17.4 Å². The number of halogens is 1. The van der Waals surface area contributed by atoms with Crippen molar-refractivity contribution in [2.75, 3.05) is 0 Å². The Balaban J connectivity index is 2.40. The van der Waals surface area contributed by atoms with Gasteiger partial charge in [-0.1, -0.05) is 30.7 Å². The van der Waals surface area contributed by atoms with Crippen molar-refractivity contribution in [1.29, 1.82) is 0 Å². The molecule has 0 aliphatic heterocycles. The maximum absolute atomic E-state index is 6.02. The lowest BCUT2D eigenvalue weighted by atomic mass is 10.0. The van der Waals surface area contributed by atoms with Crippen LogP contribution in [0.5, 0.6) is 0 Å². The number of thiophene rings is 1. The Morgan fingerprint density at radius 2 is 2.24 bits per heavy atom. The molecule has 1 aromatic heterocycles. The number of nitrogens with two attached hydrogens (primary N) is 1. The molecule has 3 N–H and O–H groups in total. The molecule has 90 valence electrons. The third-order valence-corrected chi connectivity index (χ3v) is 4.03. The van der Waals surface area contributed by atoms with Gasteiger partial charge in [-0.3, -0.25) is 5.84 Å². The van der Waals surface area contributed by atoms with Crippen molar-refractivity contribution in [3.8, 4) is 0 Å². The van der Waals surface area contributed by atoms with Crippen LogP contribution in [-0.4, -0.2) is 0 Å². The highest BCUT2D eigenvalue weighted by atomic mass is 35.5. The minimum atomic E-state index is 0.0173. The predicted molar refractivity (Wildman–Crippen MR) is 74.3 cm³/mol. The van der Waals surface area contributed by atoms with Gasteiger partial charge in [0, 0.05) is 9.90 Å². The van der Waals surface area contributed by atoms with E-state index in [0.717, 1.165) is 17.0 Å². The summed E-state index contributed by atoms with van der Waals surface area (Å²) < 4.78 is 0. The summed E-state index contributed by atoms with van der Waals surface area (Å²) in [4.78, 5) is 1.26. The third-order valence-electron chi connectivity index (χ3n) is 2.77. The lowest BCUT2D eigenvalue weighted by Gasteiger charge is -2.17. The summed E-state index contributed by atoms with van der Waals surface area (Å²) in [7, 11) is 0. The molecular weight excluding hydrogens is 252 g/mol. The smallest absolute Gasteiger partial charge is 0.0805 e. The molecule has 0 aliphatic rings. The number of hydrogen-bond acceptors (Lipinski definition) is 3. The normalized spacial score (nSPS) is 12.6. The molecule has 0 fully saturated rings. The molecule has 4 heteroatoms. The second kappa shape index (κ2) is 5.65. The van der Waals surface area contributed by atoms with Gasteiger partial charge in [-0.2, -0.15) is 0 Å². The minimum Gasteiger partial charge on any atom is -0.271 e. The van der Waals surface area contributed by atoms with Crippen LogP contribution in [0.4, 0.5) is 0 Å². The van der Waals surface area contributed by atoms with Gasteiger partial charge >= 0.3 is 0 Å². The Labute approximate surface area is 110 Å². The van der Waals surface area contributed by atoms with Gasteiger partial charge in [0.2, 0.25) is 0 Å². The highest BCUT2D eigenvalue weighted by molar-refractivity contribution is 7.10. The average molecular weight is 267 g/mol. The molecule has 0 amide bonds. The maximum atomic E-state index is 6.02. The molecule has 0 saturated carbocycles. The van der Waals surface area contributed by atoms with Crippen LogP contribution in [0.25, 0.3) is 0 Å². The SMILES string of the molecule is CCc1ccsc1C(NN)c1cccc(Cl)c1. The molecule has 17 heavy (non-hydrogen) atoms. The van der Waals surface area contributed by atoms with Crippen LogP contribution in [0, 0.1) is 0 Å². The molecule has 0 saturated heterocycles. The number of benzene rings is 1. The average Bonchev–Trinajstić information content (AvgIpc) is 2.78. The van der Waals surface area contributed by atoms with E-state index < -0.39 is 0 Å². The first-order valence-corrected chi connectivity index (χ1v) is 6.80. The molecule has 0 bridgehead atoms. The van der Waals surface area contributed by atoms with E-state index in [2.05, 4.69) is 23.8 Å². The lowest BCUT2D eigenvalue weighted by molar-refractivity contribution is 0.642. The molecule has 2 aromatic rings. The topological polar surface area (TPSA) is 38.0 Å². The van der Waals surface area contributed by atoms with Crippen LogP contribution >= 0.6 is 22.9 Å². The summed E-state index contributed by atoms with van der Waals surface area (Å²) in [5, 5.41) is 2.83. The molecule has 1 unspecified atom stereocenters. The summed E-state index contributed by atoms with van der Waals surface area (Å²) in [5.74, 6) is 5.68. The van der Waals surface area contributed by atoms with Crippen LogP contribution < -0.4 is 11.3 Å². The van der Waals surface area contributed by atoms with E-state index in [-0.39, 0.29) is 6.04 Å². The number of rotatable bonds is 4. The molecular formula is C13H15ClN2S. The maximum Gasteiger partial charge on any atom is 0.0805 e. The summed E-state index contributed by atoms with van der Waals surface area (Å²) in [6, 6.07) is 9.97. The molecule has 0 radical (unpaired) electrons. The van der Waals surface area contributed by atoms with E-state index in [1.807, 2.05) is 24.3 Å². The Morgan fingerprint density at radius 3 is 2.88 bits per heavy atom. The van der Waals surface area contributed by atoms with Crippen LogP contribution in [0.15, 0.2) is 35.7 Å². The number of hydrazine groups is 1. The Kier molecular flexibility index (Phi) is 4.18. The monoisotopic (exact) mass is 266 g/mol. The van der Waals surface area contributed by atoms with Crippen molar-refractivity contribution in [1.82, 2.24) is 5.43 Å². The summed E-state index contributed by atoms with van der Waals surface area (Å²) in [5.41, 5.74) is 5.30. The molecule has 1 aromatic carbocycles. The van der Waals surface area contributed by atoms with Gasteiger partial charge in [-0.05, 0) is 41.1 Å². The van der Waals surface area contributed by atoms with Gasteiger partial charge in [0.05, 0.1) is 6.04 Å². The Bertz CT molecular complexity index is 496. The molecule has 0 spiro atoms.